The highest BCUT2D eigenvalue weighted by atomic mass is 32.1. The third-order valence-electron chi connectivity index (χ3n) is 2.10. The van der Waals surface area contributed by atoms with Crippen LogP contribution in [0.25, 0.3) is 20.2 Å². The molecule has 0 aliphatic rings. The van der Waals surface area contributed by atoms with E-state index >= 15 is 0 Å². The predicted octanol–water partition coefficient (Wildman–Crippen LogP) is 3.38. The van der Waals surface area contributed by atoms with Crippen molar-refractivity contribution in [1.29, 1.82) is 0 Å². The first-order chi connectivity index (χ1) is 5.95. The van der Waals surface area contributed by atoms with Crippen molar-refractivity contribution in [3.63, 3.8) is 0 Å². The highest BCUT2D eigenvalue weighted by Gasteiger charge is 2.02. The molecule has 0 amide bonds. The first-order valence-corrected chi connectivity index (χ1v) is 4.71. The molecule has 1 aromatic carbocycles. The van der Waals surface area contributed by atoms with Gasteiger partial charge in [-0.15, -0.1) is 11.3 Å². The van der Waals surface area contributed by atoms with Crippen LogP contribution in [0.4, 0.5) is 0 Å². The highest BCUT2D eigenvalue weighted by Crippen LogP contribution is 2.32. The molecule has 0 radical (unpaired) electrons. The summed E-state index contributed by atoms with van der Waals surface area (Å²) < 4.78 is 2.72. The molecule has 1 nitrogen and oxygen atoms in total. The second-order valence-corrected chi connectivity index (χ2v) is 3.92. The molecule has 3 aromatic rings. The zero-order valence-corrected chi connectivity index (χ0v) is 7.19. The van der Waals surface area contributed by atoms with E-state index in [-0.39, 0.29) is 0 Å². The van der Waals surface area contributed by atoms with Gasteiger partial charge >= 0.3 is 0 Å². The Morgan fingerprint density at radius 1 is 0.917 bits per heavy atom. The van der Waals surface area contributed by atoms with Crippen molar-refractivity contribution in [3.05, 3.63) is 36.7 Å². The number of aromatic nitrogens is 1. The minimum absolute atomic E-state index is 1.34. The molecule has 0 aliphatic carbocycles. The number of H-pyrrole nitrogens is 1. The van der Waals surface area contributed by atoms with Crippen LogP contribution >= 0.6 is 11.3 Å². The summed E-state index contributed by atoms with van der Waals surface area (Å²) in [5.74, 6) is 0. The molecular formula is C10H7NS. The van der Waals surface area contributed by atoms with E-state index in [0.717, 1.165) is 0 Å². The van der Waals surface area contributed by atoms with Crippen LogP contribution in [0.5, 0.6) is 0 Å². The number of fused-ring (bicyclic) bond motifs is 3. The Morgan fingerprint density at radius 2 is 1.83 bits per heavy atom. The van der Waals surface area contributed by atoms with E-state index in [0.29, 0.717) is 0 Å². The van der Waals surface area contributed by atoms with Crippen LogP contribution in [0.15, 0.2) is 36.7 Å². The van der Waals surface area contributed by atoms with Gasteiger partial charge in [-0.25, -0.2) is 0 Å². The van der Waals surface area contributed by atoms with Crippen LogP contribution in [0.3, 0.4) is 0 Å². The lowest BCUT2D eigenvalue weighted by Crippen LogP contribution is -1.60. The normalized spacial score (nSPS) is 11.3. The Hall–Kier alpha value is -1.28. The van der Waals surface area contributed by atoms with Crippen LogP contribution < -0.4 is 0 Å². The molecule has 0 unspecified atom stereocenters. The van der Waals surface area contributed by atoms with E-state index in [4.69, 9.17) is 0 Å². The van der Waals surface area contributed by atoms with Gasteiger partial charge < -0.3 is 4.98 Å². The average molecular weight is 173 g/mol. The number of thiophene rings is 1. The zero-order chi connectivity index (χ0) is 7.97. The molecule has 0 fully saturated rings. The maximum Gasteiger partial charge on any atom is 0.0529 e. The van der Waals surface area contributed by atoms with Gasteiger partial charge in [-0.1, -0.05) is 18.2 Å². The van der Waals surface area contributed by atoms with Gasteiger partial charge in [0, 0.05) is 27.9 Å². The summed E-state index contributed by atoms with van der Waals surface area (Å²) in [7, 11) is 0. The van der Waals surface area contributed by atoms with E-state index < -0.39 is 0 Å². The molecule has 0 atom stereocenters. The third-order valence-corrected chi connectivity index (χ3v) is 3.24. The number of hydrogen-bond acceptors (Lipinski definition) is 1. The van der Waals surface area contributed by atoms with Crippen molar-refractivity contribution in [2.75, 3.05) is 0 Å². The van der Waals surface area contributed by atoms with Crippen molar-refractivity contribution >= 4 is 31.5 Å². The highest BCUT2D eigenvalue weighted by molar-refractivity contribution is 7.25. The van der Waals surface area contributed by atoms with Crippen LogP contribution in [-0.4, -0.2) is 4.98 Å². The van der Waals surface area contributed by atoms with Crippen LogP contribution in [0.1, 0.15) is 0 Å². The second-order valence-electron chi connectivity index (χ2n) is 2.83. The summed E-state index contributed by atoms with van der Waals surface area (Å²) in [6.45, 7) is 0. The maximum atomic E-state index is 3.12. The monoisotopic (exact) mass is 173 g/mol. The van der Waals surface area contributed by atoms with Crippen LogP contribution in [0, 0.1) is 0 Å². The largest absolute Gasteiger partial charge is 0.366 e. The topological polar surface area (TPSA) is 15.8 Å². The minimum Gasteiger partial charge on any atom is -0.366 e. The van der Waals surface area contributed by atoms with Gasteiger partial charge in [0.25, 0.3) is 0 Å². The van der Waals surface area contributed by atoms with E-state index in [2.05, 4.69) is 41.6 Å². The number of benzene rings is 1. The fourth-order valence-electron chi connectivity index (χ4n) is 1.54. The molecule has 12 heavy (non-hydrogen) atoms. The Kier molecular flexibility index (Phi) is 1.10. The fraction of sp³-hybridized carbons (Fsp3) is 0. The van der Waals surface area contributed by atoms with Crippen molar-refractivity contribution in [1.82, 2.24) is 4.98 Å². The van der Waals surface area contributed by atoms with Crippen LogP contribution in [0.2, 0.25) is 0 Å². The van der Waals surface area contributed by atoms with E-state index in [9.17, 15) is 0 Å². The molecule has 2 heteroatoms. The molecule has 58 valence electrons. The molecule has 3 rings (SSSR count). The minimum atomic E-state index is 1.34. The van der Waals surface area contributed by atoms with Crippen molar-refractivity contribution in [2.24, 2.45) is 0 Å². The molecule has 2 aromatic heterocycles. The van der Waals surface area contributed by atoms with Gasteiger partial charge in [0.1, 0.15) is 0 Å². The summed E-state index contributed by atoms with van der Waals surface area (Å²) in [6, 6.07) is 8.50. The van der Waals surface area contributed by atoms with Crippen molar-refractivity contribution in [2.45, 2.75) is 0 Å². The summed E-state index contributed by atoms with van der Waals surface area (Å²) in [5.41, 5.74) is 0. The van der Waals surface area contributed by atoms with E-state index in [1.807, 2.05) is 11.3 Å². The second kappa shape index (κ2) is 2.11. The van der Waals surface area contributed by atoms with Gasteiger partial charge in [0.05, 0.1) is 4.70 Å². The molecule has 2 heterocycles. The SMILES string of the molecule is c1ccc2c(c1)sc1c[nH]cc12. The summed E-state index contributed by atoms with van der Waals surface area (Å²) in [5, 5.41) is 2.70. The lowest BCUT2D eigenvalue weighted by Gasteiger charge is -1.85. The summed E-state index contributed by atoms with van der Waals surface area (Å²) >= 11 is 1.84. The zero-order valence-electron chi connectivity index (χ0n) is 6.37. The lowest BCUT2D eigenvalue weighted by atomic mass is 10.2. The van der Waals surface area contributed by atoms with E-state index in [1.165, 1.54) is 20.2 Å². The number of aromatic amines is 1. The molecule has 0 saturated heterocycles. The smallest absolute Gasteiger partial charge is 0.0529 e. The summed E-state index contributed by atoms with van der Waals surface area (Å²) in [6.07, 6.45) is 4.12. The average Bonchev–Trinajstić information content (AvgIpc) is 2.62. The Labute approximate surface area is 73.6 Å². The summed E-state index contributed by atoms with van der Waals surface area (Å²) in [4.78, 5) is 3.12. The quantitative estimate of drug-likeness (QED) is 0.536. The van der Waals surface area contributed by atoms with Gasteiger partial charge in [-0.3, -0.25) is 0 Å². The van der Waals surface area contributed by atoms with Gasteiger partial charge in [-0.05, 0) is 6.07 Å². The number of hydrogen-bond donors (Lipinski definition) is 1. The Bertz CT molecular complexity index is 532. The molecule has 0 saturated carbocycles. The first kappa shape index (κ1) is 6.26. The van der Waals surface area contributed by atoms with Gasteiger partial charge in [-0.2, -0.15) is 0 Å². The standard InChI is InChI=1S/C10H7NS/c1-2-4-9-7(3-1)8-5-11-6-10(8)12-9/h1-6,11H. The number of rotatable bonds is 0. The lowest BCUT2D eigenvalue weighted by molar-refractivity contribution is 1.43. The van der Waals surface area contributed by atoms with Crippen LogP contribution in [-0.2, 0) is 0 Å². The van der Waals surface area contributed by atoms with Crippen molar-refractivity contribution in [3.8, 4) is 0 Å². The fourth-order valence-corrected chi connectivity index (χ4v) is 2.62. The molecule has 0 aliphatic heterocycles. The maximum absolute atomic E-state index is 3.12. The molecular weight excluding hydrogens is 166 g/mol. The van der Waals surface area contributed by atoms with Gasteiger partial charge in [0.15, 0.2) is 0 Å². The Morgan fingerprint density at radius 3 is 2.83 bits per heavy atom. The molecule has 0 bridgehead atoms. The Balaban J connectivity index is 2.68. The molecule has 1 N–H and O–H groups in total. The predicted molar refractivity (Wildman–Crippen MR) is 53.7 cm³/mol. The van der Waals surface area contributed by atoms with Crippen molar-refractivity contribution < 1.29 is 0 Å². The molecule has 0 spiro atoms. The number of nitrogens with one attached hydrogen (secondary N) is 1. The van der Waals surface area contributed by atoms with E-state index in [1.54, 1.807) is 0 Å². The first-order valence-electron chi connectivity index (χ1n) is 3.89. The third kappa shape index (κ3) is 0.676. The van der Waals surface area contributed by atoms with Gasteiger partial charge in [0.2, 0.25) is 0 Å².